The highest BCUT2D eigenvalue weighted by Gasteiger charge is 2.27. The van der Waals surface area contributed by atoms with Crippen LogP contribution in [0.2, 0.25) is 0 Å². The number of ether oxygens (including phenoxy) is 1. The van der Waals surface area contributed by atoms with Gasteiger partial charge < -0.3 is 10.1 Å². The van der Waals surface area contributed by atoms with Crippen LogP contribution in [0.25, 0.3) is 0 Å². The van der Waals surface area contributed by atoms with Crippen LogP contribution >= 0.6 is 0 Å². The molecular weight excluding hydrogens is 280 g/mol. The Kier molecular flexibility index (Phi) is 6.74. The number of nitrogens with zero attached hydrogens (tertiary/aromatic N) is 3. The zero-order valence-corrected chi connectivity index (χ0v) is 13.5. The molecule has 1 fully saturated rings. The predicted molar refractivity (Wildman–Crippen MR) is 84.6 cm³/mol. The molecule has 0 radical (unpaired) electrons. The van der Waals surface area contributed by atoms with Crippen molar-refractivity contribution in [3.05, 3.63) is 24.3 Å². The summed E-state index contributed by atoms with van der Waals surface area (Å²) in [5, 5.41) is 3.02. The van der Waals surface area contributed by atoms with Gasteiger partial charge in [-0.3, -0.25) is 14.7 Å². The van der Waals surface area contributed by atoms with Crippen LogP contribution in [0.4, 0.5) is 0 Å². The first-order valence-electron chi connectivity index (χ1n) is 8.12. The van der Waals surface area contributed by atoms with E-state index in [0.717, 1.165) is 39.1 Å². The molecule has 1 amide bonds. The number of morpholine rings is 1. The molecular formula is C16H26N4O2. The van der Waals surface area contributed by atoms with E-state index < -0.39 is 0 Å². The molecule has 2 rings (SSSR count). The highest BCUT2D eigenvalue weighted by atomic mass is 16.5. The van der Waals surface area contributed by atoms with Crippen LogP contribution in [-0.2, 0) is 4.74 Å². The Labute approximate surface area is 132 Å². The van der Waals surface area contributed by atoms with Gasteiger partial charge in [0.25, 0.3) is 5.91 Å². The van der Waals surface area contributed by atoms with E-state index in [-0.39, 0.29) is 5.91 Å². The molecule has 2 heterocycles. The number of rotatable bonds is 7. The zero-order valence-electron chi connectivity index (χ0n) is 13.5. The number of hydrogen-bond acceptors (Lipinski definition) is 5. The van der Waals surface area contributed by atoms with Gasteiger partial charge in [-0.2, -0.15) is 0 Å². The summed E-state index contributed by atoms with van der Waals surface area (Å²) < 4.78 is 5.44. The quantitative estimate of drug-likeness (QED) is 0.823. The summed E-state index contributed by atoms with van der Waals surface area (Å²) in [6.45, 7) is 8.48. The summed E-state index contributed by atoms with van der Waals surface area (Å²) in [6.07, 6.45) is 6.82. The van der Waals surface area contributed by atoms with Crippen molar-refractivity contribution in [3.63, 3.8) is 0 Å². The smallest absolute Gasteiger partial charge is 0.271 e. The monoisotopic (exact) mass is 306 g/mol. The largest absolute Gasteiger partial charge is 0.379 e. The third kappa shape index (κ3) is 4.48. The molecule has 0 aliphatic carbocycles. The molecule has 6 nitrogen and oxygen atoms in total. The van der Waals surface area contributed by atoms with Gasteiger partial charge >= 0.3 is 0 Å². The Balaban J connectivity index is 1.98. The molecule has 0 spiro atoms. The first kappa shape index (κ1) is 16.8. The maximum Gasteiger partial charge on any atom is 0.271 e. The van der Waals surface area contributed by atoms with Crippen molar-refractivity contribution in [2.45, 2.75) is 32.7 Å². The minimum atomic E-state index is -0.155. The molecule has 6 heteroatoms. The average Bonchev–Trinajstić information content (AvgIpc) is 2.60. The van der Waals surface area contributed by atoms with Crippen molar-refractivity contribution in [2.75, 3.05) is 32.8 Å². The van der Waals surface area contributed by atoms with Gasteiger partial charge in [0.15, 0.2) is 0 Å². The molecule has 1 atom stereocenters. The van der Waals surface area contributed by atoms with Crippen molar-refractivity contribution >= 4 is 5.91 Å². The van der Waals surface area contributed by atoms with Crippen LogP contribution in [0.15, 0.2) is 18.6 Å². The molecule has 1 N–H and O–H groups in total. The fraction of sp³-hybridized carbons (Fsp3) is 0.688. The molecule has 0 unspecified atom stereocenters. The van der Waals surface area contributed by atoms with E-state index in [1.165, 1.54) is 12.4 Å². The lowest BCUT2D eigenvalue weighted by Crippen LogP contribution is -2.52. The second-order valence-electron chi connectivity index (χ2n) is 5.59. The van der Waals surface area contributed by atoms with Crippen molar-refractivity contribution in [2.24, 2.45) is 5.92 Å². The lowest BCUT2D eigenvalue weighted by atomic mass is 9.92. The molecule has 1 aromatic rings. The number of aromatic nitrogens is 2. The zero-order chi connectivity index (χ0) is 15.8. The number of carbonyl (C=O) groups is 1. The van der Waals surface area contributed by atoms with Crippen LogP contribution < -0.4 is 5.32 Å². The fourth-order valence-electron chi connectivity index (χ4n) is 3.04. The molecule has 1 saturated heterocycles. The first-order chi connectivity index (χ1) is 10.8. The normalized spacial score (nSPS) is 17.4. The molecule has 22 heavy (non-hydrogen) atoms. The van der Waals surface area contributed by atoms with Crippen molar-refractivity contribution in [3.8, 4) is 0 Å². The van der Waals surface area contributed by atoms with E-state index >= 15 is 0 Å². The minimum absolute atomic E-state index is 0.155. The summed E-state index contributed by atoms with van der Waals surface area (Å²) in [6, 6.07) is 0.347. The molecule has 1 aliphatic rings. The van der Waals surface area contributed by atoms with Crippen LogP contribution in [-0.4, -0.2) is 59.7 Å². The van der Waals surface area contributed by atoms with Crippen LogP contribution in [0, 0.1) is 5.92 Å². The Morgan fingerprint density at radius 3 is 2.64 bits per heavy atom. The van der Waals surface area contributed by atoms with Gasteiger partial charge in [-0.05, 0) is 5.92 Å². The van der Waals surface area contributed by atoms with E-state index in [2.05, 4.69) is 34.0 Å². The van der Waals surface area contributed by atoms with Gasteiger partial charge in [-0.25, -0.2) is 4.98 Å². The van der Waals surface area contributed by atoms with E-state index in [1.807, 2.05) is 0 Å². The van der Waals surface area contributed by atoms with Crippen molar-refractivity contribution in [1.29, 1.82) is 0 Å². The lowest BCUT2D eigenvalue weighted by molar-refractivity contribution is 0.00190. The number of nitrogens with one attached hydrogen (secondary N) is 1. The summed E-state index contributed by atoms with van der Waals surface area (Å²) in [5.74, 6) is 0.414. The molecule has 122 valence electrons. The first-order valence-corrected chi connectivity index (χ1v) is 8.12. The van der Waals surface area contributed by atoms with Gasteiger partial charge in [0.05, 0.1) is 19.4 Å². The topological polar surface area (TPSA) is 67.4 Å². The summed E-state index contributed by atoms with van der Waals surface area (Å²) >= 11 is 0. The highest BCUT2D eigenvalue weighted by molar-refractivity contribution is 5.91. The van der Waals surface area contributed by atoms with E-state index in [1.54, 1.807) is 6.20 Å². The maximum absolute atomic E-state index is 12.2. The van der Waals surface area contributed by atoms with Gasteiger partial charge in [0.2, 0.25) is 0 Å². The third-order valence-electron chi connectivity index (χ3n) is 4.38. The van der Waals surface area contributed by atoms with E-state index in [4.69, 9.17) is 4.74 Å². The van der Waals surface area contributed by atoms with Gasteiger partial charge in [0.1, 0.15) is 5.69 Å². The predicted octanol–water partition coefficient (Wildman–Crippen LogP) is 1.34. The van der Waals surface area contributed by atoms with Crippen LogP contribution in [0.3, 0.4) is 0 Å². The summed E-state index contributed by atoms with van der Waals surface area (Å²) in [7, 11) is 0. The number of hydrogen-bond donors (Lipinski definition) is 1. The minimum Gasteiger partial charge on any atom is -0.379 e. The lowest BCUT2D eigenvalue weighted by Gasteiger charge is -2.38. The Bertz CT molecular complexity index is 445. The summed E-state index contributed by atoms with van der Waals surface area (Å²) in [5.41, 5.74) is 0.368. The van der Waals surface area contributed by atoms with Gasteiger partial charge in [-0.1, -0.05) is 26.7 Å². The van der Waals surface area contributed by atoms with Crippen LogP contribution in [0.1, 0.15) is 37.2 Å². The Morgan fingerprint density at radius 1 is 1.32 bits per heavy atom. The molecule has 0 bridgehead atoms. The van der Waals surface area contributed by atoms with Crippen LogP contribution in [0.5, 0.6) is 0 Å². The fourth-order valence-corrected chi connectivity index (χ4v) is 3.04. The van der Waals surface area contributed by atoms with Gasteiger partial charge in [0, 0.05) is 38.1 Å². The number of carbonyl (C=O) groups excluding carboxylic acids is 1. The Hall–Kier alpha value is -1.53. The second-order valence-corrected chi connectivity index (χ2v) is 5.59. The third-order valence-corrected chi connectivity index (χ3v) is 4.38. The molecule has 1 aliphatic heterocycles. The van der Waals surface area contributed by atoms with E-state index in [0.29, 0.717) is 24.2 Å². The average molecular weight is 306 g/mol. The highest BCUT2D eigenvalue weighted by Crippen LogP contribution is 2.19. The van der Waals surface area contributed by atoms with Gasteiger partial charge in [-0.15, -0.1) is 0 Å². The van der Waals surface area contributed by atoms with Crippen molar-refractivity contribution in [1.82, 2.24) is 20.2 Å². The second kappa shape index (κ2) is 8.80. The van der Waals surface area contributed by atoms with E-state index in [9.17, 15) is 4.79 Å². The standard InChI is InChI=1S/C16H26N4O2/c1-3-13(4-2)15(20-7-9-22-10-8-20)12-19-16(21)14-11-17-5-6-18-14/h5-6,11,13,15H,3-4,7-10,12H2,1-2H3,(H,19,21)/t15-/m0/s1. The molecule has 1 aromatic heterocycles. The number of amides is 1. The maximum atomic E-state index is 12.2. The molecule has 0 aromatic carbocycles. The SMILES string of the molecule is CCC(CC)[C@H](CNC(=O)c1cnccn1)N1CCOCC1. The molecule has 0 saturated carbocycles. The Morgan fingerprint density at radius 2 is 2.05 bits per heavy atom. The summed E-state index contributed by atoms with van der Waals surface area (Å²) in [4.78, 5) is 22.6. The van der Waals surface area contributed by atoms with Crippen molar-refractivity contribution < 1.29 is 9.53 Å².